The van der Waals surface area contributed by atoms with Crippen molar-refractivity contribution >= 4 is 32.9 Å². The maximum atomic E-state index is 6.40. The predicted octanol–water partition coefficient (Wildman–Crippen LogP) is 4.12. The van der Waals surface area contributed by atoms with Gasteiger partial charge in [-0.25, -0.2) is 4.98 Å². The lowest BCUT2D eigenvalue weighted by molar-refractivity contribution is 0.416. The molecule has 110 valence electrons. The molecule has 0 spiro atoms. The van der Waals surface area contributed by atoms with E-state index in [2.05, 4.69) is 24.4 Å². The van der Waals surface area contributed by atoms with E-state index in [-0.39, 0.29) is 0 Å². The van der Waals surface area contributed by atoms with Crippen LogP contribution < -0.4 is 10.5 Å². The van der Waals surface area contributed by atoms with E-state index in [0.717, 1.165) is 33.7 Å². The number of pyridine rings is 1. The first kappa shape index (κ1) is 13.2. The van der Waals surface area contributed by atoms with Crippen LogP contribution in [0.3, 0.4) is 0 Å². The summed E-state index contributed by atoms with van der Waals surface area (Å²) in [4.78, 5) is 4.82. The number of anilines is 1. The van der Waals surface area contributed by atoms with Crippen molar-refractivity contribution in [3.05, 3.63) is 47.5 Å². The molecule has 4 nitrogen and oxygen atoms in total. The Morgan fingerprint density at radius 3 is 2.86 bits per heavy atom. The molecule has 0 unspecified atom stereocenters. The predicted molar refractivity (Wildman–Crippen MR) is 91.7 cm³/mol. The molecule has 4 aromatic rings. The molecule has 5 heteroatoms. The van der Waals surface area contributed by atoms with E-state index in [1.807, 2.05) is 28.7 Å². The van der Waals surface area contributed by atoms with Crippen LogP contribution in [-0.4, -0.2) is 16.5 Å². The summed E-state index contributed by atoms with van der Waals surface area (Å²) in [7, 11) is 1.66. The fraction of sp³-hybridized carbons (Fsp3) is 0.118. The molecule has 3 aromatic heterocycles. The number of nitrogen functional groups attached to an aromatic ring is 1. The maximum Gasteiger partial charge on any atom is 0.148 e. The van der Waals surface area contributed by atoms with Crippen molar-refractivity contribution in [2.75, 3.05) is 12.8 Å². The minimum absolute atomic E-state index is 0.644. The molecule has 0 radical (unpaired) electrons. The van der Waals surface area contributed by atoms with Gasteiger partial charge in [-0.15, -0.1) is 11.3 Å². The number of methoxy groups -OCH3 is 1. The number of imidazole rings is 1. The number of thiophene rings is 1. The van der Waals surface area contributed by atoms with E-state index >= 15 is 0 Å². The van der Waals surface area contributed by atoms with Gasteiger partial charge in [-0.1, -0.05) is 12.1 Å². The van der Waals surface area contributed by atoms with Crippen molar-refractivity contribution in [2.45, 2.75) is 6.92 Å². The normalized spacial score (nSPS) is 11.4. The fourth-order valence-corrected chi connectivity index (χ4v) is 3.76. The summed E-state index contributed by atoms with van der Waals surface area (Å²) in [6.07, 6.45) is 0. The molecule has 0 bridgehead atoms. The number of nitrogens with zero attached hydrogens (tertiary/aromatic N) is 2. The number of hydrogen-bond donors (Lipinski definition) is 1. The molecule has 0 aliphatic carbocycles. The van der Waals surface area contributed by atoms with Gasteiger partial charge in [0.15, 0.2) is 0 Å². The van der Waals surface area contributed by atoms with E-state index in [1.165, 1.54) is 4.70 Å². The van der Waals surface area contributed by atoms with Gasteiger partial charge in [0, 0.05) is 21.3 Å². The summed E-state index contributed by atoms with van der Waals surface area (Å²) in [6.45, 7) is 2.05. The smallest absolute Gasteiger partial charge is 0.148 e. The molecule has 0 fully saturated rings. The molecule has 2 N–H and O–H groups in total. The molecule has 0 saturated carbocycles. The molecule has 0 saturated heterocycles. The zero-order valence-electron chi connectivity index (χ0n) is 12.3. The lowest BCUT2D eigenvalue weighted by Crippen LogP contribution is -1.98. The Labute approximate surface area is 131 Å². The van der Waals surface area contributed by atoms with Gasteiger partial charge in [-0.2, -0.15) is 0 Å². The van der Waals surface area contributed by atoms with Gasteiger partial charge in [-0.05, 0) is 36.6 Å². The number of para-hydroxylation sites is 1. The van der Waals surface area contributed by atoms with E-state index in [1.54, 1.807) is 18.4 Å². The molecule has 3 heterocycles. The zero-order chi connectivity index (χ0) is 15.3. The molecule has 1 aromatic carbocycles. The average molecular weight is 309 g/mol. The van der Waals surface area contributed by atoms with Crippen LogP contribution in [0.2, 0.25) is 0 Å². The number of rotatable bonds is 2. The van der Waals surface area contributed by atoms with Crippen LogP contribution in [0.25, 0.3) is 27.0 Å². The van der Waals surface area contributed by atoms with E-state index in [9.17, 15) is 0 Å². The number of ether oxygens (including phenoxy) is 1. The first-order valence-corrected chi connectivity index (χ1v) is 7.87. The van der Waals surface area contributed by atoms with Crippen molar-refractivity contribution in [3.63, 3.8) is 0 Å². The van der Waals surface area contributed by atoms with Gasteiger partial charge in [-0.3, -0.25) is 4.40 Å². The van der Waals surface area contributed by atoms with Gasteiger partial charge in [0.05, 0.1) is 7.11 Å². The van der Waals surface area contributed by atoms with Crippen molar-refractivity contribution in [1.82, 2.24) is 9.38 Å². The second-order valence-corrected chi connectivity index (χ2v) is 6.14. The van der Waals surface area contributed by atoms with Crippen LogP contribution in [-0.2, 0) is 0 Å². The highest BCUT2D eigenvalue weighted by atomic mass is 32.1. The fourth-order valence-electron chi connectivity index (χ4n) is 2.88. The summed E-state index contributed by atoms with van der Waals surface area (Å²) in [6, 6.07) is 12.1. The summed E-state index contributed by atoms with van der Waals surface area (Å²) in [5.41, 5.74) is 10.1. The highest BCUT2D eigenvalue weighted by Crippen LogP contribution is 2.36. The number of nitrogens with two attached hydrogens (primary N) is 1. The van der Waals surface area contributed by atoms with Crippen LogP contribution in [0.1, 0.15) is 5.69 Å². The Balaban J connectivity index is 2.11. The van der Waals surface area contributed by atoms with Crippen molar-refractivity contribution in [2.24, 2.45) is 0 Å². The van der Waals surface area contributed by atoms with Gasteiger partial charge in [0.1, 0.15) is 22.9 Å². The van der Waals surface area contributed by atoms with Crippen LogP contribution in [0.4, 0.5) is 5.82 Å². The second kappa shape index (κ2) is 4.74. The van der Waals surface area contributed by atoms with Crippen molar-refractivity contribution < 1.29 is 4.74 Å². The zero-order valence-corrected chi connectivity index (χ0v) is 13.1. The molecule has 0 aliphatic heterocycles. The largest absolute Gasteiger partial charge is 0.496 e. The first-order valence-electron chi connectivity index (χ1n) is 6.99. The maximum absolute atomic E-state index is 6.40. The van der Waals surface area contributed by atoms with Gasteiger partial charge >= 0.3 is 0 Å². The Morgan fingerprint density at radius 1 is 1.23 bits per heavy atom. The SMILES string of the molecule is COc1ccccc1-c1nc2c3ccsc3cc(C)n2c1N. The molecule has 4 rings (SSSR count). The van der Waals surface area contributed by atoms with Gasteiger partial charge in [0.2, 0.25) is 0 Å². The standard InChI is InChI=1S/C17H15N3OS/c1-10-9-14-12(7-8-22-14)17-19-15(16(18)20(10)17)11-5-3-4-6-13(11)21-2/h3-9H,18H2,1-2H3. The number of aryl methyl sites for hydroxylation is 1. The molecule has 22 heavy (non-hydrogen) atoms. The summed E-state index contributed by atoms with van der Waals surface area (Å²) in [5, 5.41) is 3.21. The Bertz CT molecular complexity index is 1000. The Hall–Kier alpha value is -2.53. The highest BCUT2D eigenvalue weighted by Gasteiger charge is 2.18. The minimum atomic E-state index is 0.644. The van der Waals surface area contributed by atoms with Crippen LogP contribution in [0, 0.1) is 6.92 Å². The molecule has 0 atom stereocenters. The van der Waals surface area contributed by atoms with E-state index in [4.69, 9.17) is 15.5 Å². The lowest BCUT2D eigenvalue weighted by Gasteiger charge is -2.07. The van der Waals surface area contributed by atoms with Crippen LogP contribution in [0.15, 0.2) is 41.8 Å². The molecular formula is C17H15N3OS. The highest BCUT2D eigenvalue weighted by molar-refractivity contribution is 7.17. The third kappa shape index (κ3) is 1.72. The van der Waals surface area contributed by atoms with Gasteiger partial charge < -0.3 is 10.5 Å². The number of benzene rings is 1. The average Bonchev–Trinajstić information content (AvgIpc) is 3.12. The minimum Gasteiger partial charge on any atom is -0.496 e. The molecule has 0 amide bonds. The van der Waals surface area contributed by atoms with Crippen LogP contribution in [0.5, 0.6) is 5.75 Å². The third-order valence-electron chi connectivity index (χ3n) is 3.90. The van der Waals surface area contributed by atoms with Crippen molar-refractivity contribution in [3.8, 4) is 17.0 Å². The van der Waals surface area contributed by atoms with Gasteiger partial charge in [0.25, 0.3) is 0 Å². The summed E-state index contributed by atoms with van der Waals surface area (Å²) < 4.78 is 8.69. The third-order valence-corrected chi connectivity index (χ3v) is 4.77. The van der Waals surface area contributed by atoms with E-state index in [0.29, 0.717) is 5.82 Å². The monoisotopic (exact) mass is 309 g/mol. The second-order valence-electron chi connectivity index (χ2n) is 5.19. The first-order chi connectivity index (χ1) is 10.7. The summed E-state index contributed by atoms with van der Waals surface area (Å²) >= 11 is 1.72. The Morgan fingerprint density at radius 2 is 2.05 bits per heavy atom. The number of aromatic nitrogens is 2. The Kier molecular flexibility index (Phi) is 2.84. The van der Waals surface area contributed by atoms with E-state index < -0.39 is 0 Å². The summed E-state index contributed by atoms with van der Waals surface area (Å²) in [5.74, 6) is 1.42. The quantitative estimate of drug-likeness (QED) is 0.606. The van der Waals surface area contributed by atoms with Crippen LogP contribution >= 0.6 is 11.3 Å². The number of fused-ring (bicyclic) bond motifs is 3. The number of hydrogen-bond acceptors (Lipinski definition) is 4. The molecular weight excluding hydrogens is 294 g/mol. The molecule has 0 aliphatic rings. The lowest BCUT2D eigenvalue weighted by atomic mass is 10.1. The van der Waals surface area contributed by atoms with Crippen molar-refractivity contribution in [1.29, 1.82) is 0 Å². The topological polar surface area (TPSA) is 52.5 Å².